The van der Waals surface area contributed by atoms with Crippen LogP contribution in [0.15, 0.2) is 24.5 Å². The van der Waals surface area contributed by atoms with Crippen LogP contribution in [0.25, 0.3) is 0 Å². The molecule has 2 aliphatic rings. The number of aromatic nitrogens is 2. The van der Waals surface area contributed by atoms with Crippen LogP contribution in [0.5, 0.6) is 5.75 Å². The zero-order valence-electron chi connectivity index (χ0n) is 20.9. The number of hydrogen-bond acceptors (Lipinski definition) is 6. The van der Waals surface area contributed by atoms with Gasteiger partial charge in [-0.15, -0.1) is 0 Å². The van der Waals surface area contributed by atoms with Crippen LogP contribution in [-0.2, 0) is 6.18 Å². The van der Waals surface area contributed by atoms with Crippen molar-refractivity contribution in [2.24, 2.45) is 5.73 Å². The highest BCUT2D eigenvalue weighted by atomic mass is 19.4. The molecule has 2 saturated heterocycles. The average molecular weight is 506 g/mol. The Morgan fingerprint density at radius 3 is 2.56 bits per heavy atom. The van der Waals surface area contributed by atoms with Gasteiger partial charge in [0.1, 0.15) is 5.75 Å². The number of rotatable bonds is 7. The van der Waals surface area contributed by atoms with Crippen molar-refractivity contribution >= 4 is 5.91 Å². The maximum Gasteiger partial charge on any atom is 0.451 e. The lowest BCUT2D eigenvalue weighted by atomic mass is 9.86. The number of hydrogen-bond donors (Lipinski definition) is 1. The summed E-state index contributed by atoms with van der Waals surface area (Å²) >= 11 is 0. The minimum absolute atomic E-state index is 0.0809. The van der Waals surface area contributed by atoms with Crippen LogP contribution < -0.4 is 10.5 Å². The standard InChI is InChI=1S/C26H34F3N5O2/c1-17-18(2)23(36-13-4-3-10-30)9-8-21(17)22-7-5-6-20-16-33(11-12-34(20)22)24(35)19-14-31-25(32-15-19)26(27,28)29/h8-9,14-15,20,22H,3-7,10-13,16,30H2,1-2H3/t20-,22+/m0/s1. The summed E-state index contributed by atoms with van der Waals surface area (Å²) in [5.74, 6) is -0.653. The van der Waals surface area contributed by atoms with Crippen LogP contribution in [0.2, 0.25) is 0 Å². The van der Waals surface area contributed by atoms with Crippen LogP contribution in [0.4, 0.5) is 13.2 Å². The molecule has 1 amide bonds. The first-order valence-corrected chi connectivity index (χ1v) is 12.6. The number of fused-ring (bicyclic) bond motifs is 1. The van der Waals surface area contributed by atoms with Gasteiger partial charge >= 0.3 is 6.18 Å². The van der Waals surface area contributed by atoms with Gasteiger partial charge in [-0.05, 0) is 75.3 Å². The molecule has 0 bridgehead atoms. The molecule has 3 heterocycles. The summed E-state index contributed by atoms with van der Waals surface area (Å²) in [6, 6.07) is 4.70. The second kappa shape index (κ2) is 11.1. The Kier molecular flexibility index (Phi) is 8.14. The quantitative estimate of drug-likeness (QED) is 0.566. The summed E-state index contributed by atoms with van der Waals surface area (Å²) in [7, 11) is 0. The van der Waals surface area contributed by atoms with Crippen LogP contribution in [-0.4, -0.2) is 64.5 Å². The van der Waals surface area contributed by atoms with E-state index in [0.29, 0.717) is 32.8 Å². The van der Waals surface area contributed by atoms with E-state index >= 15 is 0 Å². The largest absolute Gasteiger partial charge is 0.493 e. The van der Waals surface area contributed by atoms with Crippen molar-refractivity contribution < 1.29 is 22.7 Å². The third-order valence-corrected chi connectivity index (χ3v) is 7.38. The highest BCUT2D eigenvalue weighted by Crippen LogP contribution is 2.39. The number of ether oxygens (including phenoxy) is 1. The highest BCUT2D eigenvalue weighted by Gasteiger charge is 2.38. The molecule has 36 heavy (non-hydrogen) atoms. The van der Waals surface area contributed by atoms with E-state index in [1.54, 1.807) is 4.90 Å². The molecule has 2 N–H and O–H groups in total. The number of benzene rings is 1. The Morgan fingerprint density at radius 2 is 1.86 bits per heavy atom. The molecule has 0 radical (unpaired) electrons. The Balaban J connectivity index is 1.44. The molecular formula is C26H34F3N5O2. The highest BCUT2D eigenvalue weighted by molar-refractivity contribution is 5.93. The number of nitrogens with zero attached hydrogens (tertiary/aromatic N) is 4. The molecule has 0 unspecified atom stereocenters. The molecule has 2 fully saturated rings. The lowest BCUT2D eigenvalue weighted by Crippen LogP contribution is -2.57. The van der Waals surface area contributed by atoms with Crippen LogP contribution in [0.1, 0.15) is 71.0 Å². The molecule has 0 saturated carbocycles. The summed E-state index contributed by atoms with van der Waals surface area (Å²) in [6.07, 6.45) is 2.27. The normalized spacial score (nSPS) is 20.8. The van der Waals surface area contributed by atoms with Gasteiger partial charge in [0.25, 0.3) is 5.91 Å². The number of piperidine rings is 1. The lowest BCUT2D eigenvalue weighted by molar-refractivity contribution is -0.145. The van der Waals surface area contributed by atoms with E-state index in [4.69, 9.17) is 10.5 Å². The number of piperazine rings is 1. The zero-order chi connectivity index (χ0) is 25.9. The summed E-state index contributed by atoms with van der Waals surface area (Å²) in [5.41, 5.74) is 9.33. The first-order valence-electron chi connectivity index (χ1n) is 12.6. The monoisotopic (exact) mass is 505 g/mol. The van der Waals surface area contributed by atoms with Crippen LogP contribution in [0.3, 0.4) is 0 Å². The molecule has 4 rings (SSSR count). The number of carbonyl (C=O) groups is 1. The van der Waals surface area contributed by atoms with Gasteiger partial charge in [0.15, 0.2) is 0 Å². The fourth-order valence-electron chi connectivity index (χ4n) is 5.30. The maximum atomic E-state index is 13.0. The summed E-state index contributed by atoms with van der Waals surface area (Å²) in [6.45, 7) is 7.32. The van der Waals surface area contributed by atoms with Crippen molar-refractivity contribution in [2.45, 2.75) is 64.2 Å². The molecule has 2 aromatic rings. The van der Waals surface area contributed by atoms with E-state index in [-0.39, 0.29) is 23.6 Å². The fraction of sp³-hybridized carbons (Fsp3) is 0.577. The molecule has 0 spiro atoms. The summed E-state index contributed by atoms with van der Waals surface area (Å²) in [5, 5.41) is 0. The maximum absolute atomic E-state index is 13.0. The van der Waals surface area contributed by atoms with Crippen molar-refractivity contribution in [3.05, 3.63) is 52.6 Å². The van der Waals surface area contributed by atoms with Gasteiger partial charge in [-0.1, -0.05) is 6.07 Å². The van der Waals surface area contributed by atoms with Crippen molar-refractivity contribution in [3.8, 4) is 5.75 Å². The first kappa shape index (κ1) is 26.3. The molecule has 1 aromatic heterocycles. The molecular weight excluding hydrogens is 471 g/mol. The van der Waals surface area contributed by atoms with Crippen LogP contribution in [0, 0.1) is 13.8 Å². The van der Waals surface area contributed by atoms with Crippen molar-refractivity contribution in [3.63, 3.8) is 0 Å². The summed E-state index contributed by atoms with van der Waals surface area (Å²) < 4.78 is 44.3. The Hall–Kier alpha value is -2.72. The Labute approximate surface area is 209 Å². The van der Waals surface area contributed by atoms with Crippen molar-refractivity contribution in [2.75, 3.05) is 32.8 Å². The van der Waals surface area contributed by atoms with E-state index in [2.05, 4.69) is 40.8 Å². The van der Waals surface area contributed by atoms with Gasteiger partial charge in [-0.2, -0.15) is 13.2 Å². The van der Waals surface area contributed by atoms with E-state index in [1.807, 2.05) is 0 Å². The Bertz CT molecular complexity index is 1060. The number of alkyl halides is 3. The van der Waals surface area contributed by atoms with Gasteiger partial charge < -0.3 is 15.4 Å². The van der Waals surface area contributed by atoms with E-state index < -0.39 is 12.0 Å². The fourth-order valence-corrected chi connectivity index (χ4v) is 5.30. The van der Waals surface area contributed by atoms with E-state index in [0.717, 1.165) is 55.8 Å². The minimum atomic E-state index is -4.63. The number of amides is 1. The van der Waals surface area contributed by atoms with Gasteiger partial charge in [-0.25, -0.2) is 9.97 Å². The average Bonchev–Trinajstić information content (AvgIpc) is 2.87. The summed E-state index contributed by atoms with van der Waals surface area (Å²) in [4.78, 5) is 23.9. The molecule has 7 nitrogen and oxygen atoms in total. The second-order valence-corrected chi connectivity index (χ2v) is 9.63. The SMILES string of the molecule is Cc1c(OCCCCN)ccc([C@H]2CCC[C@H]3CN(C(=O)c4cnc(C(F)(F)F)nc4)CCN32)c1C. The van der Waals surface area contributed by atoms with E-state index in [9.17, 15) is 18.0 Å². The molecule has 10 heteroatoms. The smallest absolute Gasteiger partial charge is 0.451 e. The first-order chi connectivity index (χ1) is 17.2. The lowest BCUT2D eigenvalue weighted by Gasteiger charge is -2.48. The van der Waals surface area contributed by atoms with Gasteiger partial charge in [-0.3, -0.25) is 9.69 Å². The third kappa shape index (κ3) is 5.64. The predicted molar refractivity (Wildman–Crippen MR) is 130 cm³/mol. The minimum Gasteiger partial charge on any atom is -0.493 e. The zero-order valence-corrected chi connectivity index (χ0v) is 20.9. The number of nitrogens with two attached hydrogens (primary N) is 1. The van der Waals surface area contributed by atoms with Crippen molar-refractivity contribution in [1.82, 2.24) is 19.8 Å². The molecule has 1 aromatic carbocycles. The van der Waals surface area contributed by atoms with Crippen molar-refractivity contribution in [1.29, 1.82) is 0 Å². The number of halogens is 3. The number of unbranched alkanes of at least 4 members (excludes halogenated alkanes) is 1. The predicted octanol–water partition coefficient (Wildman–Crippen LogP) is 4.28. The molecule has 2 atom stereocenters. The second-order valence-electron chi connectivity index (χ2n) is 9.63. The van der Waals surface area contributed by atoms with Gasteiger partial charge in [0, 0.05) is 44.1 Å². The topological polar surface area (TPSA) is 84.6 Å². The Morgan fingerprint density at radius 1 is 1.11 bits per heavy atom. The van der Waals surface area contributed by atoms with Gasteiger partial charge in [0.2, 0.25) is 5.82 Å². The van der Waals surface area contributed by atoms with Crippen LogP contribution >= 0.6 is 0 Å². The third-order valence-electron chi connectivity index (χ3n) is 7.38. The number of carbonyl (C=O) groups excluding carboxylic acids is 1. The van der Waals surface area contributed by atoms with E-state index in [1.165, 1.54) is 11.1 Å². The molecule has 196 valence electrons. The molecule has 2 aliphatic heterocycles. The molecule has 0 aliphatic carbocycles. The van der Waals surface area contributed by atoms with Gasteiger partial charge in [0.05, 0.1) is 12.2 Å².